The van der Waals surface area contributed by atoms with Crippen LogP contribution in [0.15, 0.2) is 17.8 Å². The third-order valence-electron chi connectivity index (χ3n) is 2.21. The molecule has 20 heavy (non-hydrogen) atoms. The van der Waals surface area contributed by atoms with Gasteiger partial charge in [0.2, 0.25) is 0 Å². The lowest BCUT2D eigenvalue weighted by Gasteiger charge is -2.08. The Morgan fingerprint density at radius 1 is 1.45 bits per heavy atom. The van der Waals surface area contributed by atoms with E-state index in [0.717, 1.165) is 15.9 Å². The van der Waals surface area contributed by atoms with Crippen molar-refractivity contribution < 1.29 is 23.1 Å². The van der Waals surface area contributed by atoms with E-state index in [1.807, 2.05) is 0 Å². The van der Waals surface area contributed by atoms with E-state index in [1.165, 1.54) is 29.9 Å². The summed E-state index contributed by atoms with van der Waals surface area (Å²) in [6.45, 7) is -1.13. The van der Waals surface area contributed by atoms with Crippen LogP contribution in [0.2, 0.25) is 0 Å². The van der Waals surface area contributed by atoms with E-state index in [9.17, 15) is 18.0 Å². The lowest BCUT2D eigenvalue weighted by Crippen LogP contribution is -2.17. The predicted molar refractivity (Wildman–Crippen MR) is 66.3 cm³/mol. The number of nitrogens with zero attached hydrogens (tertiary/aromatic N) is 3. The van der Waals surface area contributed by atoms with Gasteiger partial charge in [0.15, 0.2) is 5.69 Å². The number of hydrogen-bond donors (Lipinski definition) is 1. The number of hydrogen-bond acceptors (Lipinski definition) is 4. The van der Waals surface area contributed by atoms with Crippen molar-refractivity contribution in [2.45, 2.75) is 12.7 Å². The van der Waals surface area contributed by atoms with Crippen LogP contribution in [-0.4, -0.2) is 31.8 Å². The van der Waals surface area contributed by atoms with Gasteiger partial charge in [0.05, 0.1) is 0 Å². The van der Waals surface area contributed by atoms with Crippen molar-refractivity contribution in [3.63, 3.8) is 0 Å². The van der Waals surface area contributed by atoms with E-state index in [1.54, 1.807) is 0 Å². The number of aromatic nitrogens is 3. The summed E-state index contributed by atoms with van der Waals surface area (Å²) in [5.74, 6) is -1.03. The van der Waals surface area contributed by atoms with Gasteiger partial charge >= 0.3 is 12.1 Å². The summed E-state index contributed by atoms with van der Waals surface area (Å²) in [5, 5.41) is 10.4. The Labute approximate surface area is 115 Å². The molecule has 0 unspecified atom stereocenters. The number of imidazole rings is 1. The maximum Gasteiger partial charge on any atom is 0.406 e. The average molecular weight is 303 g/mol. The first-order chi connectivity index (χ1) is 9.35. The summed E-state index contributed by atoms with van der Waals surface area (Å²) >= 11 is 1.08. The van der Waals surface area contributed by atoms with Crippen LogP contribution in [0.1, 0.15) is 21.3 Å². The molecule has 0 fully saturated rings. The van der Waals surface area contributed by atoms with Crippen LogP contribution in [0.4, 0.5) is 13.2 Å². The van der Waals surface area contributed by atoms with Crippen LogP contribution in [0.3, 0.4) is 0 Å². The van der Waals surface area contributed by atoms with Gasteiger partial charge in [-0.15, -0.1) is 11.3 Å². The van der Waals surface area contributed by atoms with Gasteiger partial charge < -0.3 is 9.67 Å². The van der Waals surface area contributed by atoms with Gasteiger partial charge in [0.25, 0.3) is 0 Å². The standard InChI is InChI=1S/C11H8F3N3O2S/c12-11(13,14)6-17-4-3-15-8(17)1-2-9-16-7(5-20-9)10(18)19/h1-5H,6H2,(H,18,19)/b2-1+. The van der Waals surface area contributed by atoms with Gasteiger partial charge in [-0.25, -0.2) is 14.8 Å². The monoisotopic (exact) mass is 303 g/mol. The molecule has 0 saturated carbocycles. The van der Waals surface area contributed by atoms with Gasteiger partial charge in [-0.2, -0.15) is 13.2 Å². The van der Waals surface area contributed by atoms with E-state index in [4.69, 9.17) is 5.11 Å². The Morgan fingerprint density at radius 2 is 2.20 bits per heavy atom. The first-order valence-corrected chi connectivity index (χ1v) is 6.18. The maximum atomic E-state index is 12.3. The molecule has 106 valence electrons. The second kappa shape index (κ2) is 5.45. The molecule has 0 aliphatic carbocycles. The molecule has 2 rings (SSSR count). The van der Waals surface area contributed by atoms with Crippen LogP contribution in [-0.2, 0) is 6.54 Å². The zero-order valence-corrected chi connectivity index (χ0v) is 10.6. The molecule has 1 N–H and O–H groups in total. The molecule has 0 bridgehead atoms. The number of rotatable bonds is 4. The minimum atomic E-state index is -4.33. The zero-order valence-electron chi connectivity index (χ0n) is 9.83. The fourth-order valence-corrected chi connectivity index (χ4v) is 2.10. The highest BCUT2D eigenvalue weighted by Gasteiger charge is 2.28. The second-order valence-electron chi connectivity index (χ2n) is 3.74. The van der Waals surface area contributed by atoms with E-state index < -0.39 is 18.7 Å². The normalized spacial score (nSPS) is 12.2. The maximum absolute atomic E-state index is 12.3. The first kappa shape index (κ1) is 14.3. The highest BCUT2D eigenvalue weighted by molar-refractivity contribution is 7.10. The summed E-state index contributed by atoms with van der Waals surface area (Å²) in [4.78, 5) is 18.2. The highest BCUT2D eigenvalue weighted by atomic mass is 32.1. The minimum absolute atomic E-state index is 0.103. The Bertz CT molecular complexity index is 645. The average Bonchev–Trinajstić information content (AvgIpc) is 2.93. The van der Waals surface area contributed by atoms with Crippen LogP contribution >= 0.6 is 11.3 Å². The lowest BCUT2D eigenvalue weighted by atomic mass is 10.4. The van der Waals surface area contributed by atoms with Crippen molar-refractivity contribution in [3.8, 4) is 0 Å². The van der Waals surface area contributed by atoms with Gasteiger partial charge in [-0.1, -0.05) is 0 Å². The predicted octanol–water partition coefficient (Wildman–Crippen LogP) is 2.77. The molecule has 2 aromatic heterocycles. The Kier molecular flexibility index (Phi) is 3.89. The molecule has 0 aromatic carbocycles. The number of carbonyl (C=O) groups is 1. The van der Waals surface area contributed by atoms with Crippen molar-refractivity contribution in [1.29, 1.82) is 0 Å². The van der Waals surface area contributed by atoms with Gasteiger partial charge in [-0.05, 0) is 12.2 Å². The Balaban J connectivity index is 2.15. The zero-order chi connectivity index (χ0) is 14.8. The fourth-order valence-electron chi connectivity index (χ4n) is 1.41. The smallest absolute Gasteiger partial charge is 0.406 e. The molecule has 9 heteroatoms. The Hall–Kier alpha value is -2.16. The summed E-state index contributed by atoms with van der Waals surface area (Å²) in [6, 6.07) is 0. The van der Waals surface area contributed by atoms with Crippen LogP contribution in [0.5, 0.6) is 0 Å². The van der Waals surface area contributed by atoms with E-state index in [-0.39, 0.29) is 11.5 Å². The molecule has 5 nitrogen and oxygen atoms in total. The van der Waals surface area contributed by atoms with Crippen molar-refractivity contribution in [2.24, 2.45) is 0 Å². The number of alkyl halides is 3. The fraction of sp³-hybridized carbons (Fsp3) is 0.182. The molecule has 0 aliphatic heterocycles. The number of carboxylic acids is 1. The second-order valence-corrected chi connectivity index (χ2v) is 4.63. The van der Waals surface area contributed by atoms with Gasteiger partial charge in [0.1, 0.15) is 17.4 Å². The Morgan fingerprint density at radius 3 is 2.80 bits per heavy atom. The number of carboxylic acid groups (broad SMARTS) is 1. The summed E-state index contributed by atoms with van der Waals surface area (Å²) in [5.41, 5.74) is -0.103. The third-order valence-corrected chi connectivity index (χ3v) is 3.02. The van der Waals surface area contributed by atoms with E-state index >= 15 is 0 Å². The first-order valence-electron chi connectivity index (χ1n) is 5.30. The summed E-state index contributed by atoms with van der Waals surface area (Å²) in [7, 11) is 0. The number of aromatic carboxylic acids is 1. The van der Waals surface area contributed by atoms with Crippen LogP contribution in [0, 0.1) is 0 Å². The highest BCUT2D eigenvalue weighted by Crippen LogP contribution is 2.19. The lowest BCUT2D eigenvalue weighted by molar-refractivity contribution is -0.140. The molecule has 2 heterocycles. The van der Waals surface area contributed by atoms with Crippen LogP contribution in [0.25, 0.3) is 12.2 Å². The molecular weight excluding hydrogens is 295 g/mol. The third kappa shape index (κ3) is 3.67. The molecule has 0 radical (unpaired) electrons. The summed E-state index contributed by atoms with van der Waals surface area (Å²) < 4.78 is 37.9. The topological polar surface area (TPSA) is 68.0 Å². The summed E-state index contributed by atoms with van der Waals surface area (Å²) in [6.07, 6.45) is 0.928. The SMILES string of the molecule is O=C(O)c1csc(/C=C/c2nccn2CC(F)(F)F)n1. The van der Waals surface area contributed by atoms with Crippen molar-refractivity contribution in [1.82, 2.24) is 14.5 Å². The van der Waals surface area contributed by atoms with Crippen molar-refractivity contribution in [2.75, 3.05) is 0 Å². The van der Waals surface area contributed by atoms with Gasteiger partial charge in [-0.3, -0.25) is 0 Å². The molecule has 2 aromatic rings. The van der Waals surface area contributed by atoms with Crippen molar-refractivity contribution in [3.05, 3.63) is 34.3 Å². The molecule has 0 amide bonds. The van der Waals surface area contributed by atoms with Gasteiger partial charge in [0, 0.05) is 17.8 Å². The van der Waals surface area contributed by atoms with Crippen LogP contribution < -0.4 is 0 Å². The molecular formula is C11H8F3N3O2S. The van der Waals surface area contributed by atoms with E-state index in [2.05, 4.69) is 9.97 Å². The molecule has 0 atom stereocenters. The van der Waals surface area contributed by atoms with E-state index in [0.29, 0.717) is 5.01 Å². The van der Waals surface area contributed by atoms with Crippen molar-refractivity contribution >= 4 is 29.5 Å². The largest absolute Gasteiger partial charge is 0.476 e. The number of thiazole rings is 1. The number of halogens is 3. The molecule has 0 spiro atoms. The molecule has 0 saturated heterocycles. The quantitative estimate of drug-likeness (QED) is 0.943. The minimum Gasteiger partial charge on any atom is -0.476 e. The molecule has 0 aliphatic rings.